The lowest BCUT2D eigenvalue weighted by Crippen LogP contribution is -2.49. The van der Waals surface area contributed by atoms with Crippen LogP contribution in [0, 0.1) is 11.8 Å². The second-order valence-corrected chi connectivity index (χ2v) is 4.96. The minimum Gasteiger partial charge on any atom is -0.325 e. The Labute approximate surface area is 83.1 Å². The maximum Gasteiger partial charge on any atom is 0.0156 e. The van der Waals surface area contributed by atoms with E-state index in [9.17, 15) is 0 Å². The highest BCUT2D eigenvalue weighted by Crippen LogP contribution is 2.40. The monoisotopic (exact) mass is 183 g/mol. The topological polar surface area (TPSA) is 26.0 Å². The van der Waals surface area contributed by atoms with Crippen molar-refractivity contribution in [2.45, 2.75) is 64.8 Å². The Morgan fingerprint density at radius 2 is 2.08 bits per heavy atom. The smallest absolute Gasteiger partial charge is 0.0156 e. The molecule has 0 radical (unpaired) electrons. The quantitative estimate of drug-likeness (QED) is 0.713. The molecule has 2 unspecified atom stereocenters. The molecule has 0 amide bonds. The average Bonchev–Trinajstić information content (AvgIpc) is 2.08. The van der Waals surface area contributed by atoms with E-state index in [1.165, 1.54) is 38.5 Å². The summed E-state index contributed by atoms with van der Waals surface area (Å²) >= 11 is 0. The van der Waals surface area contributed by atoms with Gasteiger partial charge < -0.3 is 5.73 Å². The van der Waals surface area contributed by atoms with Crippen molar-refractivity contribution in [1.82, 2.24) is 0 Å². The van der Waals surface area contributed by atoms with Gasteiger partial charge in [0.25, 0.3) is 0 Å². The Kier molecular flexibility index (Phi) is 3.78. The van der Waals surface area contributed by atoms with Gasteiger partial charge in [-0.1, -0.05) is 39.5 Å². The third kappa shape index (κ3) is 2.46. The molecule has 78 valence electrons. The summed E-state index contributed by atoms with van der Waals surface area (Å²) in [5.41, 5.74) is 6.49. The van der Waals surface area contributed by atoms with Crippen LogP contribution in [0.4, 0.5) is 0 Å². The van der Waals surface area contributed by atoms with Gasteiger partial charge in [-0.3, -0.25) is 0 Å². The predicted octanol–water partition coefficient (Wildman–Crippen LogP) is 3.33. The molecule has 0 bridgehead atoms. The molecule has 13 heavy (non-hydrogen) atoms. The molecular weight excluding hydrogens is 158 g/mol. The number of hydrogen-bond donors (Lipinski definition) is 1. The first-order valence-corrected chi connectivity index (χ1v) is 5.90. The first kappa shape index (κ1) is 11.0. The highest BCUT2D eigenvalue weighted by Gasteiger charge is 2.37. The fourth-order valence-electron chi connectivity index (χ4n) is 3.04. The molecule has 1 aliphatic rings. The van der Waals surface area contributed by atoms with Crippen molar-refractivity contribution in [3.63, 3.8) is 0 Å². The van der Waals surface area contributed by atoms with Crippen LogP contribution in [0.15, 0.2) is 0 Å². The lowest BCUT2D eigenvalue weighted by molar-refractivity contribution is 0.118. The number of hydrogen-bond acceptors (Lipinski definition) is 1. The highest BCUT2D eigenvalue weighted by molar-refractivity contribution is 4.93. The van der Waals surface area contributed by atoms with Crippen molar-refractivity contribution in [1.29, 1.82) is 0 Å². The van der Waals surface area contributed by atoms with Crippen LogP contribution < -0.4 is 5.73 Å². The normalized spacial score (nSPS) is 40.6. The van der Waals surface area contributed by atoms with Crippen LogP contribution >= 0.6 is 0 Å². The Hall–Kier alpha value is -0.0400. The van der Waals surface area contributed by atoms with Crippen molar-refractivity contribution < 1.29 is 0 Å². The fraction of sp³-hybridized carbons (Fsp3) is 1.00. The summed E-state index contributed by atoms with van der Waals surface area (Å²) in [5.74, 6) is 1.67. The molecule has 1 rings (SSSR count). The van der Waals surface area contributed by atoms with Gasteiger partial charge in [-0.25, -0.2) is 0 Å². The summed E-state index contributed by atoms with van der Waals surface area (Å²) in [6, 6.07) is 0. The van der Waals surface area contributed by atoms with Crippen LogP contribution in [-0.4, -0.2) is 5.54 Å². The van der Waals surface area contributed by atoms with Gasteiger partial charge in [0, 0.05) is 5.54 Å². The first-order valence-electron chi connectivity index (χ1n) is 5.90. The number of nitrogens with two attached hydrogens (primary N) is 1. The molecular formula is C12H25N. The van der Waals surface area contributed by atoms with Crippen molar-refractivity contribution in [3.05, 3.63) is 0 Å². The van der Waals surface area contributed by atoms with Crippen LogP contribution in [0.25, 0.3) is 0 Å². The van der Waals surface area contributed by atoms with Crippen LogP contribution in [-0.2, 0) is 0 Å². The van der Waals surface area contributed by atoms with Crippen LogP contribution in [0.3, 0.4) is 0 Å². The molecule has 0 saturated heterocycles. The standard InChI is InChI=1S/C12H25N/c1-4-7-11-10(5-2)8-6-9-12(11,3)13/h10-11H,4-9,13H2,1-3H3/t10?,11?,12-/m0/s1. The summed E-state index contributed by atoms with van der Waals surface area (Å²) in [5, 5.41) is 0. The van der Waals surface area contributed by atoms with Crippen LogP contribution in [0.2, 0.25) is 0 Å². The largest absolute Gasteiger partial charge is 0.325 e. The fourth-order valence-corrected chi connectivity index (χ4v) is 3.04. The lowest BCUT2D eigenvalue weighted by Gasteiger charge is -2.44. The highest BCUT2D eigenvalue weighted by atomic mass is 14.8. The van der Waals surface area contributed by atoms with Crippen LogP contribution in [0.1, 0.15) is 59.3 Å². The van der Waals surface area contributed by atoms with Crippen molar-refractivity contribution in [2.24, 2.45) is 17.6 Å². The van der Waals surface area contributed by atoms with E-state index in [2.05, 4.69) is 20.8 Å². The zero-order valence-electron chi connectivity index (χ0n) is 9.47. The van der Waals surface area contributed by atoms with Gasteiger partial charge in [-0.15, -0.1) is 0 Å². The summed E-state index contributed by atoms with van der Waals surface area (Å²) in [6.45, 7) is 6.85. The van der Waals surface area contributed by atoms with E-state index >= 15 is 0 Å². The van der Waals surface area contributed by atoms with Gasteiger partial charge in [-0.2, -0.15) is 0 Å². The van der Waals surface area contributed by atoms with Crippen molar-refractivity contribution >= 4 is 0 Å². The van der Waals surface area contributed by atoms with Gasteiger partial charge in [0.1, 0.15) is 0 Å². The summed E-state index contributed by atoms with van der Waals surface area (Å²) in [4.78, 5) is 0. The van der Waals surface area contributed by atoms with E-state index in [0.717, 1.165) is 11.8 Å². The SMILES string of the molecule is CCCC1C(CC)CCC[C@]1(C)N. The molecule has 1 nitrogen and oxygen atoms in total. The van der Waals surface area contributed by atoms with E-state index < -0.39 is 0 Å². The summed E-state index contributed by atoms with van der Waals surface area (Å²) < 4.78 is 0. The molecule has 1 heteroatoms. The van der Waals surface area contributed by atoms with E-state index in [1.54, 1.807) is 0 Å². The Bertz CT molecular complexity index is 151. The minimum absolute atomic E-state index is 0.120. The second-order valence-electron chi connectivity index (χ2n) is 4.96. The summed E-state index contributed by atoms with van der Waals surface area (Å²) in [7, 11) is 0. The van der Waals surface area contributed by atoms with Gasteiger partial charge in [0.2, 0.25) is 0 Å². The van der Waals surface area contributed by atoms with Gasteiger partial charge in [0.05, 0.1) is 0 Å². The maximum absolute atomic E-state index is 6.37. The predicted molar refractivity (Wildman–Crippen MR) is 58.6 cm³/mol. The zero-order valence-corrected chi connectivity index (χ0v) is 9.47. The molecule has 3 atom stereocenters. The zero-order chi connectivity index (χ0) is 9.90. The van der Waals surface area contributed by atoms with E-state index in [4.69, 9.17) is 5.73 Å². The van der Waals surface area contributed by atoms with Gasteiger partial charge >= 0.3 is 0 Å². The van der Waals surface area contributed by atoms with Crippen molar-refractivity contribution in [3.8, 4) is 0 Å². The first-order chi connectivity index (χ1) is 6.11. The Morgan fingerprint density at radius 1 is 1.38 bits per heavy atom. The molecule has 1 saturated carbocycles. The minimum atomic E-state index is 0.120. The molecule has 0 spiro atoms. The molecule has 2 N–H and O–H groups in total. The molecule has 1 fully saturated rings. The lowest BCUT2D eigenvalue weighted by atomic mass is 9.66. The summed E-state index contributed by atoms with van der Waals surface area (Å²) in [6.07, 6.45) is 7.91. The van der Waals surface area contributed by atoms with Gasteiger partial charge in [0.15, 0.2) is 0 Å². The second kappa shape index (κ2) is 4.45. The third-order valence-electron chi connectivity index (χ3n) is 3.83. The Balaban J connectivity index is 2.65. The average molecular weight is 183 g/mol. The van der Waals surface area contributed by atoms with Crippen LogP contribution in [0.5, 0.6) is 0 Å². The molecule has 0 heterocycles. The Morgan fingerprint density at radius 3 is 2.62 bits per heavy atom. The van der Waals surface area contributed by atoms with E-state index in [1.807, 2.05) is 0 Å². The van der Waals surface area contributed by atoms with E-state index in [-0.39, 0.29) is 5.54 Å². The molecule has 0 aromatic rings. The third-order valence-corrected chi connectivity index (χ3v) is 3.83. The molecule has 0 aromatic carbocycles. The maximum atomic E-state index is 6.37. The van der Waals surface area contributed by atoms with Crippen molar-refractivity contribution in [2.75, 3.05) is 0 Å². The molecule has 0 aliphatic heterocycles. The molecule has 0 aromatic heterocycles. The van der Waals surface area contributed by atoms with Gasteiger partial charge in [-0.05, 0) is 31.6 Å². The number of rotatable bonds is 3. The van der Waals surface area contributed by atoms with E-state index in [0.29, 0.717) is 0 Å². The molecule has 1 aliphatic carbocycles.